The van der Waals surface area contributed by atoms with Crippen LogP contribution in [0.5, 0.6) is 0 Å². The molecule has 0 saturated carbocycles. The molecule has 0 aliphatic rings. The van der Waals surface area contributed by atoms with Gasteiger partial charge in [-0.05, 0) is 23.8 Å². The van der Waals surface area contributed by atoms with Crippen LogP contribution in [0.4, 0.5) is 0 Å². The monoisotopic (exact) mass is 248 g/mol. The maximum absolute atomic E-state index is 8.93. The highest BCUT2D eigenvalue weighted by molar-refractivity contribution is 7.99. The first-order valence-corrected chi connectivity index (χ1v) is 6.77. The minimum absolute atomic E-state index is 0.224. The third-order valence-electron chi connectivity index (χ3n) is 2.19. The van der Waals surface area contributed by atoms with Crippen LogP contribution in [0, 0.1) is 28.6 Å². The van der Waals surface area contributed by atoms with Gasteiger partial charge in [-0.3, -0.25) is 0 Å². The Morgan fingerprint density at radius 2 is 2.18 bits per heavy atom. The molecule has 0 bridgehead atoms. The average Bonchev–Trinajstić information content (AvgIpc) is 2.70. The molecule has 0 unspecified atom stereocenters. The van der Waals surface area contributed by atoms with E-state index in [0.29, 0.717) is 11.6 Å². The summed E-state index contributed by atoms with van der Waals surface area (Å²) in [5, 5.41) is 17.7. The topological polar surface area (TPSA) is 65.4 Å². The van der Waals surface area contributed by atoms with Gasteiger partial charge < -0.3 is 4.57 Å². The summed E-state index contributed by atoms with van der Waals surface area (Å²) < 4.78 is 1.76. The second-order valence-electron chi connectivity index (χ2n) is 4.18. The third-order valence-corrected chi connectivity index (χ3v) is 3.67. The van der Waals surface area contributed by atoms with Gasteiger partial charge in [0.1, 0.15) is 12.1 Å². The van der Waals surface area contributed by atoms with Gasteiger partial charge in [-0.2, -0.15) is 22.3 Å². The Hall–Kier alpha value is -1.46. The summed E-state index contributed by atoms with van der Waals surface area (Å²) in [6, 6.07) is 3.95. The molecule has 0 aliphatic carbocycles. The lowest BCUT2D eigenvalue weighted by Crippen LogP contribution is -2.02. The number of hydrogen-bond acceptors (Lipinski definition) is 4. The molecule has 0 radical (unpaired) electrons. The molecule has 1 rings (SSSR count). The zero-order valence-corrected chi connectivity index (χ0v) is 11.0. The van der Waals surface area contributed by atoms with Crippen LogP contribution in [-0.2, 0) is 6.54 Å². The smallest absolute Gasteiger partial charge is 0.176 e. The molecule has 0 N–H and O–H groups in total. The molecule has 0 amide bonds. The van der Waals surface area contributed by atoms with E-state index >= 15 is 0 Å². The van der Waals surface area contributed by atoms with E-state index in [2.05, 4.69) is 18.8 Å². The van der Waals surface area contributed by atoms with E-state index in [1.54, 1.807) is 10.9 Å². The second kappa shape index (κ2) is 6.98. The van der Waals surface area contributed by atoms with Gasteiger partial charge in [-0.15, -0.1) is 0 Å². The van der Waals surface area contributed by atoms with Crippen LogP contribution in [0.1, 0.15) is 31.7 Å². The normalized spacial score (nSPS) is 10.2. The number of aryl methyl sites for hydroxylation is 1. The Labute approximate surface area is 106 Å². The largest absolute Gasteiger partial charge is 0.321 e. The zero-order chi connectivity index (χ0) is 12.7. The predicted octanol–water partition coefficient (Wildman–Crippen LogP) is 2.41. The molecular weight excluding hydrogens is 232 g/mol. The van der Waals surface area contributed by atoms with Crippen LogP contribution in [0.25, 0.3) is 0 Å². The Bertz CT molecular complexity index is 436. The number of rotatable bonds is 6. The first-order valence-electron chi connectivity index (χ1n) is 5.62. The zero-order valence-electron chi connectivity index (χ0n) is 10.2. The maximum Gasteiger partial charge on any atom is 0.176 e. The van der Waals surface area contributed by atoms with Crippen molar-refractivity contribution in [3.63, 3.8) is 0 Å². The van der Waals surface area contributed by atoms with E-state index in [1.165, 1.54) is 5.75 Å². The van der Waals surface area contributed by atoms with Gasteiger partial charge in [0.25, 0.3) is 0 Å². The SMILES string of the molecule is CC(C)CSCCCn1cnc(C#N)c1C#N. The van der Waals surface area contributed by atoms with Crippen LogP contribution in [0.15, 0.2) is 6.33 Å². The molecule has 0 saturated heterocycles. The molecule has 1 aromatic rings. The van der Waals surface area contributed by atoms with E-state index in [1.807, 2.05) is 23.9 Å². The fourth-order valence-corrected chi connectivity index (χ4v) is 2.38. The lowest BCUT2D eigenvalue weighted by atomic mass is 10.3. The molecule has 0 spiro atoms. The number of hydrogen-bond donors (Lipinski definition) is 0. The van der Waals surface area contributed by atoms with E-state index in [9.17, 15) is 0 Å². The number of thioether (sulfide) groups is 1. The Morgan fingerprint density at radius 1 is 1.41 bits per heavy atom. The summed E-state index contributed by atoms with van der Waals surface area (Å²) in [5.74, 6) is 2.95. The van der Waals surface area contributed by atoms with Crippen molar-refractivity contribution in [1.29, 1.82) is 10.5 Å². The van der Waals surface area contributed by atoms with Crippen molar-refractivity contribution >= 4 is 11.8 Å². The van der Waals surface area contributed by atoms with Gasteiger partial charge in [0.15, 0.2) is 11.4 Å². The first kappa shape index (κ1) is 13.6. The average molecular weight is 248 g/mol. The van der Waals surface area contributed by atoms with Crippen molar-refractivity contribution in [3.8, 4) is 12.1 Å². The summed E-state index contributed by atoms with van der Waals surface area (Å²) in [4.78, 5) is 3.91. The number of aromatic nitrogens is 2. The molecule has 0 fully saturated rings. The molecule has 0 aromatic carbocycles. The Morgan fingerprint density at radius 3 is 2.76 bits per heavy atom. The fraction of sp³-hybridized carbons (Fsp3) is 0.583. The number of nitrogens with zero attached hydrogens (tertiary/aromatic N) is 4. The predicted molar refractivity (Wildman–Crippen MR) is 68.4 cm³/mol. The third kappa shape index (κ3) is 4.13. The quantitative estimate of drug-likeness (QED) is 0.725. The highest BCUT2D eigenvalue weighted by Crippen LogP contribution is 2.11. The van der Waals surface area contributed by atoms with Crippen LogP contribution < -0.4 is 0 Å². The van der Waals surface area contributed by atoms with Crippen molar-refractivity contribution in [2.75, 3.05) is 11.5 Å². The summed E-state index contributed by atoms with van der Waals surface area (Å²) in [6.45, 7) is 5.16. The van der Waals surface area contributed by atoms with Crippen molar-refractivity contribution in [2.24, 2.45) is 5.92 Å². The Balaban J connectivity index is 2.40. The van der Waals surface area contributed by atoms with Gasteiger partial charge >= 0.3 is 0 Å². The molecule has 17 heavy (non-hydrogen) atoms. The minimum atomic E-state index is 0.224. The van der Waals surface area contributed by atoms with E-state index < -0.39 is 0 Å². The highest BCUT2D eigenvalue weighted by Gasteiger charge is 2.08. The van der Waals surface area contributed by atoms with Crippen molar-refractivity contribution in [3.05, 3.63) is 17.7 Å². The van der Waals surface area contributed by atoms with Gasteiger partial charge in [0.05, 0.1) is 6.33 Å². The number of imidazole rings is 1. The lowest BCUT2D eigenvalue weighted by Gasteiger charge is -2.05. The fourth-order valence-electron chi connectivity index (χ4n) is 1.41. The lowest BCUT2D eigenvalue weighted by molar-refractivity contribution is 0.674. The van der Waals surface area contributed by atoms with E-state index in [0.717, 1.165) is 18.7 Å². The van der Waals surface area contributed by atoms with Crippen molar-refractivity contribution < 1.29 is 0 Å². The van der Waals surface area contributed by atoms with Crippen molar-refractivity contribution in [2.45, 2.75) is 26.8 Å². The van der Waals surface area contributed by atoms with E-state index in [-0.39, 0.29) is 5.69 Å². The van der Waals surface area contributed by atoms with Crippen LogP contribution >= 0.6 is 11.8 Å². The minimum Gasteiger partial charge on any atom is -0.321 e. The van der Waals surface area contributed by atoms with Gasteiger partial charge in [0, 0.05) is 6.54 Å². The number of nitriles is 2. The summed E-state index contributed by atoms with van der Waals surface area (Å²) in [6.07, 6.45) is 2.57. The van der Waals surface area contributed by atoms with Crippen LogP contribution in [-0.4, -0.2) is 21.1 Å². The molecule has 0 atom stereocenters. The molecule has 5 heteroatoms. The van der Waals surface area contributed by atoms with Gasteiger partial charge in [-0.25, -0.2) is 4.98 Å². The second-order valence-corrected chi connectivity index (χ2v) is 5.33. The molecule has 0 aliphatic heterocycles. The van der Waals surface area contributed by atoms with Gasteiger partial charge in [-0.1, -0.05) is 13.8 Å². The Kier molecular flexibility index (Phi) is 5.59. The first-order chi connectivity index (χ1) is 8.19. The summed E-state index contributed by atoms with van der Waals surface area (Å²) in [5.41, 5.74) is 0.601. The van der Waals surface area contributed by atoms with Crippen molar-refractivity contribution in [1.82, 2.24) is 9.55 Å². The molecule has 1 heterocycles. The van der Waals surface area contributed by atoms with Gasteiger partial charge in [0.2, 0.25) is 0 Å². The molecule has 90 valence electrons. The highest BCUT2D eigenvalue weighted by atomic mass is 32.2. The summed E-state index contributed by atoms with van der Waals surface area (Å²) >= 11 is 1.92. The standard InChI is InChI=1S/C12H16N4S/c1-10(2)8-17-5-3-4-16-9-15-11(6-13)12(16)7-14/h9-10H,3-5,8H2,1-2H3. The summed E-state index contributed by atoms with van der Waals surface area (Å²) in [7, 11) is 0. The maximum atomic E-state index is 8.93. The van der Waals surface area contributed by atoms with Crippen LogP contribution in [0.3, 0.4) is 0 Å². The van der Waals surface area contributed by atoms with E-state index in [4.69, 9.17) is 10.5 Å². The molecule has 1 aromatic heterocycles. The van der Waals surface area contributed by atoms with Crippen LogP contribution in [0.2, 0.25) is 0 Å². The molecule has 4 nitrogen and oxygen atoms in total. The molecular formula is C12H16N4S.